The molecule has 2 rings (SSSR count). The Hall–Kier alpha value is -1.13. The van der Waals surface area contributed by atoms with Gasteiger partial charge in [0.25, 0.3) is 0 Å². The fraction of sp³-hybridized carbons (Fsp3) is 0.333. The van der Waals surface area contributed by atoms with Crippen molar-refractivity contribution in [1.29, 1.82) is 0 Å². The highest BCUT2D eigenvalue weighted by Gasteiger charge is 2.08. The van der Waals surface area contributed by atoms with Gasteiger partial charge in [0.15, 0.2) is 0 Å². The summed E-state index contributed by atoms with van der Waals surface area (Å²) in [5.41, 5.74) is 2.95. The maximum Gasteiger partial charge on any atom is -0.0153 e. The van der Waals surface area contributed by atoms with Crippen molar-refractivity contribution in [2.24, 2.45) is 0 Å². The van der Waals surface area contributed by atoms with Crippen LogP contribution in [0, 0.1) is 0 Å². The highest BCUT2D eigenvalue weighted by molar-refractivity contribution is 7.38. The van der Waals surface area contributed by atoms with E-state index in [1.807, 2.05) is 0 Å². The van der Waals surface area contributed by atoms with Gasteiger partial charge in [0.05, 0.1) is 0 Å². The van der Waals surface area contributed by atoms with Gasteiger partial charge in [0, 0.05) is 0 Å². The fourth-order valence-electron chi connectivity index (χ4n) is 2.32. The minimum Gasteiger partial charge on any atom is -0.121 e. The molecule has 0 nitrogen and oxygen atoms in total. The molecule has 0 N–H and O–H groups in total. The lowest BCUT2D eigenvalue weighted by Crippen LogP contribution is -2.00. The summed E-state index contributed by atoms with van der Waals surface area (Å²) in [4.78, 5) is 0. The van der Waals surface area contributed by atoms with Crippen LogP contribution < -0.4 is 0 Å². The summed E-state index contributed by atoms with van der Waals surface area (Å²) in [6.07, 6.45) is 2.61. The van der Waals surface area contributed by atoms with Gasteiger partial charge in [-0.3, -0.25) is 0 Å². The summed E-state index contributed by atoms with van der Waals surface area (Å²) < 4.78 is 0. The molecule has 1 heteroatoms. The van der Waals surface area contributed by atoms with Gasteiger partial charge in [-0.05, 0) is 35.3 Å². The molecule has 0 aliphatic carbocycles. The molecule has 2 unspecified atom stereocenters. The van der Waals surface area contributed by atoms with Gasteiger partial charge in [-0.2, -0.15) is 0 Å². The Kier molecular flexibility index (Phi) is 5.61. The van der Waals surface area contributed by atoms with E-state index >= 15 is 0 Å². The Morgan fingerprint density at radius 1 is 0.684 bits per heavy atom. The van der Waals surface area contributed by atoms with Crippen LogP contribution in [-0.4, -0.2) is 12.3 Å². The molecule has 0 saturated carbocycles. The quantitative estimate of drug-likeness (QED) is 0.627. The van der Waals surface area contributed by atoms with Crippen molar-refractivity contribution in [3.63, 3.8) is 0 Å². The monoisotopic (exact) mass is 270 g/mol. The van der Waals surface area contributed by atoms with Crippen LogP contribution in [0.3, 0.4) is 0 Å². The minimum absolute atomic E-state index is 0.683. The molecule has 2 atom stereocenters. The third-order valence-corrected chi connectivity index (χ3v) is 5.44. The molecule has 0 saturated heterocycles. The SMILES string of the molecule is CC(CPCC(C)c1ccccc1)c1ccccc1. The van der Waals surface area contributed by atoms with E-state index in [-0.39, 0.29) is 0 Å². The van der Waals surface area contributed by atoms with Gasteiger partial charge in [-0.15, -0.1) is 8.58 Å². The van der Waals surface area contributed by atoms with Crippen molar-refractivity contribution in [1.82, 2.24) is 0 Å². The zero-order valence-corrected chi connectivity index (χ0v) is 12.8. The van der Waals surface area contributed by atoms with Crippen molar-refractivity contribution < 1.29 is 0 Å². The second-order valence-corrected chi connectivity index (χ2v) is 6.60. The smallest absolute Gasteiger partial charge is 0.0153 e. The standard InChI is InChI=1S/C18H23P/c1-15(17-9-5-3-6-10-17)13-19-14-16(2)18-11-7-4-8-12-18/h3-12,15-16,19H,13-14H2,1-2H3. The third kappa shape index (κ3) is 4.48. The lowest BCUT2D eigenvalue weighted by molar-refractivity contribution is 0.852. The number of benzene rings is 2. The lowest BCUT2D eigenvalue weighted by Gasteiger charge is -2.15. The van der Waals surface area contributed by atoms with Crippen LogP contribution in [0.15, 0.2) is 60.7 Å². The first-order chi connectivity index (χ1) is 9.27. The summed E-state index contributed by atoms with van der Waals surface area (Å²) >= 11 is 0. The maximum absolute atomic E-state index is 2.34. The van der Waals surface area contributed by atoms with Crippen LogP contribution in [0.2, 0.25) is 0 Å². The number of hydrogen-bond donors (Lipinski definition) is 0. The molecule has 0 bridgehead atoms. The first-order valence-corrected chi connectivity index (χ1v) is 8.49. The molecular formula is C18H23P. The van der Waals surface area contributed by atoms with Gasteiger partial charge in [-0.1, -0.05) is 74.5 Å². The zero-order chi connectivity index (χ0) is 13.5. The van der Waals surface area contributed by atoms with E-state index in [2.05, 4.69) is 74.5 Å². The first kappa shape index (κ1) is 14.3. The molecule has 0 spiro atoms. The fourth-order valence-corrected chi connectivity index (χ4v) is 3.82. The molecule has 0 aliphatic heterocycles. The van der Waals surface area contributed by atoms with E-state index in [1.165, 1.54) is 23.5 Å². The Balaban J connectivity index is 1.78. The van der Waals surface area contributed by atoms with Crippen LogP contribution in [0.1, 0.15) is 36.8 Å². The summed E-state index contributed by atoms with van der Waals surface area (Å²) in [6.45, 7) is 4.69. The molecule has 0 aromatic heterocycles. The maximum atomic E-state index is 2.34. The van der Waals surface area contributed by atoms with Crippen molar-refractivity contribution in [2.45, 2.75) is 25.7 Å². The molecule has 100 valence electrons. The summed E-state index contributed by atoms with van der Waals surface area (Å²) in [7, 11) is 1.04. The van der Waals surface area contributed by atoms with Crippen molar-refractivity contribution in [2.75, 3.05) is 12.3 Å². The molecule has 2 aromatic rings. The largest absolute Gasteiger partial charge is 0.121 e. The van der Waals surface area contributed by atoms with Gasteiger partial charge in [-0.25, -0.2) is 0 Å². The number of rotatable bonds is 6. The molecular weight excluding hydrogens is 247 g/mol. The predicted molar refractivity (Wildman–Crippen MR) is 87.8 cm³/mol. The summed E-state index contributed by atoms with van der Waals surface area (Å²) in [5.74, 6) is 1.37. The summed E-state index contributed by atoms with van der Waals surface area (Å²) in [5, 5.41) is 0. The van der Waals surface area contributed by atoms with Gasteiger partial charge in [0.2, 0.25) is 0 Å². The Morgan fingerprint density at radius 2 is 1.05 bits per heavy atom. The third-order valence-electron chi connectivity index (χ3n) is 3.64. The second-order valence-electron chi connectivity index (χ2n) is 5.28. The Labute approximate surface area is 119 Å². The van der Waals surface area contributed by atoms with E-state index in [0.717, 1.165) is 8.58 Å². The molecule has 0 fully saturated rings. The van der Waals surface area contributed by atoms with Crippen molar-refractivity contribution in [3.8, 4) is 0 Å². The van der Waals surface area contributed by atoms with Crippen LogP contribution in [0.25, 0.3) is 0 Å². The molecule has 0 amide bonds. The minimum atomic E-state index is 0.683. The van der Waals surface area contributed by atoms with Crippen molar-refractivity contribution in [3.05, 3.63) is 71.8 Å². The highest BCUT2D eigenvalue weighted by Crippen LogP contribution is 2.29. The first-order valence-electron chi connectivity index (χ1n) is 7.08. The van der Waals surface area contributed by atoms with E-state index in [9.17, 15) is 0 Å². The van der Waals surface area contributed by atoms with Gasteiger partial charge >= 0.3 is 0 Å². The lowest BCUT2D eigenvalue weighted by atomic mass is 10.0. The second kappa shape index (κ2) is 7.46. The molecule has 19 heavy (non-hydrogen) atoms. The highest BCUT2D eigenvalue weighted by atomic mass is 31.1. The average molecular weight is 270 g/mol. The molecule has 2 aromatic carbocycles. The number of hydrogen-bond acceptors (Lipinski definition) is 0. The van der Waals surface area contributed by atoms with Crippen LogP contribution in [0.5, 0.6) is 0 Å². The van der Waals surface area contributed by atoms with E-state index < -0.39 is 0 Å². The zero-order valence-electron chi connectivity index (χ0n) is 11.8. The molecule has 0 aliphatic rings. The summed E-state index contributed by atoms with van der Waals surface area (Å²) in [6, 6.07) is 21.7. The van der Waals surface area contributed by atoms with Crippen LogP contribution >= 0.6 is 8.58 Å². The predicted octanol–water partition coefficient (Wildman–Crippen LogP) is 5.27. The van der Waals surface area contributed by atoms with Crippen LogP contribution in [-0.2, 0) is 0 Å². The normalized spacial score (nSPS) is 14.6. The van der Waals surface area contributed by atoms with Crippen molar-refractivity contribution >= 4 is 8.58 Å². The Bertz CT molecular complexity index is 418. The van der Waals surface area contributed by atoms with E-state index in [4.69, 9.17) is 0 Å². The van der Waals surface area contributed by atoms with Gasteiger partial charge in [0.1, 0.15) is 0 Å². The van der Waals surface area contributed by atoms with Gasteiger partial charge < -0.3 is 0 Å². The van der Waals surface area contributed by atoms with E-state index in [1.54, 1.807) is 0 Å². The van der Waals surface area contributed by atoms with E-state index in [0.29, 0.717) is 11.8 Å². The molecule has 0 heterocycles. The topological polar surface area (TPSA) is 0 Å². The Morgan fingerprint density at radius 3 is 1.42 bits per heavy atom. The van der Waals surface area contributed by atoms with Crippen LogP contribution in [0.4, 0.5) is 0 Å². The molecule has 0 radical (unpaired) electrons. The average Bonchev–Trinajstić information content (AvgIpc) is 2.49.